The summed E-state index contributed by atoms with van der Waals surface area (Å²) >= 11 is 0. The van der Waals surface area contributed by atoms with E-state index >= 15 is 0 Å². The topological polar surface area (TPSA) is 88.1 Å². The number of carbonyl (C=O) groups is 3. The van der Waals surface area contributed by atoms with Crippen LogP contribution >= 0.6 is 0 Å². The third-order valence-corrected chi connectivity index (χ3v) is 5.14. The summed E-state index contributed by atoms with van der Waals surface area (Å²) in [6, 6.07) is 18.3. The van der Waals surface area contributed by atoms with Crippen LogP contribution in [-0.4, -0.2) is 31.1 Å². The highest BCUT2D eigenvalue weighted by molar-refractivity contribution is 5.92. The zero-order chi connectivity index (χ0) is 25.9. The van der Waals surface area contributed by atoms with Crippen LogP contribution in [0, 0.1) is 13.8 Å². The van der Waals surface area contributed by atoms with Crippen molar-refractivity contribution in [3.05, 3.63) is 102 Å². The van der Waals surface area contributed by atoms with E-state index in [1.165, 1.54) is 0 Å². The zero-order valence-corrected chi connectivity index (χ0v) is 20.3. The predicted molar refractivity (Wildman–Crippen MR) is 135 cm³/mol. The Bertz CT molecular complexity index is 1210. The molecule has 0 spiro atoms. The summed E-state index contributed by atoms with van der Waals surface area (Å²) in [7, 11) is 0. The SMILES string of the molecule is C=CC(=O)OCCCCOc1ccc(C(=O)Oc2ccc(C(=O)Oc3ccc(C)cc3C)cc2)cc1. The number of hydrogen-bond donors (Lipinski definition) is 0. The third kappa shape index (κ3) is 7.84. The van der Waals surface area contributed by atoms with Crippen molar-refractivity contribution in [1.82, 2.24) is 0 Å². The molecule has 3 aromatic carbocycles. The van der Waals surface area contributed by atoms with Crippen LogP contribution in [0.4, 0.5) is 0 Å². The van der Waals surface area contributed by atoms with Crippen molar-refractivity contribution in [2.24, 2.45) is 0 Å². The van der Waals surface area contributed by atoms with Crippen LogP contribution < -0.4 is 14.2 Å². The molecule has 0 aliphatic carbocycles. The van der Waals surface area contributed by atoms with Gasteiger partial charge in [0, 0.05) is 6.08 Å². The minimum atomic E-state index is -0.531. The zero-order valence-electron chi connectivity index (χ0n) is 20.3. The number of unbranched alkanes of at least 4 members (excludes halogenated alkanes) is 1. The minimum absolute atomic E-state index is 0.306. The van der Waals surface area contributed by atoms with Gasteiger partial charge < -0.3 is 18.9 Å². The molecule has 7 nitrogen and oxygen atoms in total. The van der Waals surface area contributed by atoms with Gasteiger partial charge in [0.2, 0.25) is 0 Å². The monoisotopic (exact) mass is 488 g/mol. The lowest BCUT2D eigenvalue weighted by Crippen LogP contribution is -2.11. The first-order chi connectivity index (χ1) is 17.4. The number of hydrogen-bond acceptors (Lipinski definition) is 7. The highest BCUT2D eigenvalue weighted by Crippen LogP contribution is 2.21. The Morgan fingerprint density at radius 3 is 1.94 bits per heavy atom. The quantitative estimate of drug-likeness (QED) is 0.150. The molecule has 0 fully saturated rings. The van der Waals surface area contributed by atoms with E-state index in [0.29, 0.717) is 54.4 Å². The van der Waals surface area contributed by atoms with Gasteiger partial charge in [-0.05, 0) is 86.8 Å². The summed E-state index contributed by atoms with van der Waals surface area (Å²) in [6.07, 6.45) is 2.51. The second kappa shape index (κ2) is 12.9. The molecule has 0 aromatic heterocycles. The molecule has 0 N–H and O–H groups in total. The third-order valence-electron chi connectivity index (χ3n) is 5.14. The molecule has 0 aliphatic heterocycles. The van der Waals surface area contributed by atoms with E-state index < -0.39 is 17.9 Å². The van der Waals surface area contributed by atoms with Gasteiger partial charge in [0.05, 0.1) is 24.3 Å². The van der Waals surface area contributed by atoms with Crippen LogP contribution in [-0.2, 0) is 9.53 Å². The summed E-state index contributed by atoms with van der Waals surface area (Å²) in [5.41, 5.74) is 2.66. The van der Waals surface area contributed by atoms with Crippen molar-refractivity contribution in [2.75, 3.05) is 13.2 Å². The Morgan fingerprint density at radius 2 is 1.33 bits per heavy atom. The van der Waals surface area contributed by atoms with Gasteiger partial charge in [-0.25, -0.2) is 14.4 Å². The van der Waals surface area contributed by atoms with E-state index in [9.17, 15) is 14.4 Å². The van der Waals surface area contributed by atoms with Gasteiger partial charge in [-0.2, -0.15) is 0 Å². The van der Waals surface area contributed by atoms with Crippen molar-refractivity contribution in [3.63, 3.8) is 0 Å². The maximum atomic E-state index is 12.5. The van der Waals surface area contributed by atoms with Crippen molar-refractivity contribution >= 4 is 17.9 Å². The molecule has 0 amide bonds. The van der Waals surface area contributed by atoms with Gasteiger partial charge in [0.15, 0.2) is 0 Å². The maximum Gasteiger partial charge on any atom is 0.343 e. The first-order valence-corrected chi connectivity index (χ1v) is 11.5. The molecule has 0 aliphatic rings. The fraction of sp³-hybridized carbons (Fsp3) is 0.207. The van der Waals surface area contributed by atoms with Crippen molar-refractivity contribution in [2.45, 2.75) is 26.7 Å². The van der Waals surface area contributed by atoms with Crippen LogP contribution in [0.2, 0.25) is 0 Å². The first kappa shape index (κ1) is 26.2. The Hall–Kier alpha value is -4.39. The molecule has 0 saturated carbocycles. The van der Waals surface area contributed by atoms with E-state index in [-0.39, 0.29) is 0 Å². The number of ether oxygens (including phenoxy) is 4. The average molecular weight is 489 g/mol. The van der Waals surface area contributed by atoms with Gasteiger partial charge in [-0.3, -0.25) is 0 Å². The largest absolute Gasteiger partial charge is 0.494 e. The van der Waals surface area contributed by atoms with Gasteiger partial charge >= 0.3 is 17.9 Å². The second-order valence-corrected chi connectivity index (χ2v) is 8.02. The number of carbonyl (C=O) groups excluding carboxylic acids is 3. The van der Waals surface area contributed by atoms with E-state index in [4.69, 9.17) is 18.9 Å². The normalized spacial score (nSPS) is 10.3. The van der Waals surface area contributed by atoms with Gasteiger partial charge in [-0.1, -0.05) is 24.3 Å². The van der Waals surface area contributed by atoms with E-state index in [0.717, 1.165) is 17.2 Å². The predicted octanol–water partition coefficient (Wildman–Crippen LogP) is 5.63. The number of rotatable bonds is 11. The Morgan fingerprint density at radius 1 is 0.750 bits per heavy atom. The molecule has 7 heteroatoms. The Labute approximate surface area is 210 Å². The molecule has 0 bridgehead atoms. The molecule has 186 valence electrons. The van der Waals surface area contributed by atoms with Gasteiger partial charge in [0.25, 0.3) is 0 Å². The van der Waals surface area contributed by atoms with Crippen molar-refractivity contribution < 1.29 is 33.3 Å². The molecule has 0 atom stereocenters. The minimum Gasteiger partial charge on any atom is -0.494 e. The lowest BCUT2D eigenvalue weighted by molar-refractivity contribution is -0.137. The molecule has 0 radical (unpaired) electrons. The van der Waals surface area contributed by atoms with Crippen LogP contribution in [0.1, 0.15) is 44.7 Å². The van der Waals surface area contributed by atoms with Gasteiger partial charge in [0.1, 0.15) is 17.2 Å². The maximum absolute atomic E-state index is 12.5. The molecule has 36 heavy (non-hydrogen) atoms. The lowest BCUT2D eigenvalue weighted by Gasteiger charge is -2.09. The molecular formula is C29H28O7. The Balaban J connectivity index is 1.46. The molecule has 0 saturated heterocycles. The number of esters is 3. The fourth-order valence-corrected chi connectivity index (χ4v) is 3.21. The van der Waals surface area contributed by atoms with E-state index in [1.54, 1.807) is 54.6 Å². The number of benzene rings is 3. The first-order valence-electron chi connectivity index (χ1n) is 11.5. The van der Waals surface area contributed by atoms with Gasteiger partial charge in [-0.15, -0.1) is 0 Å². The smallest absolute Gasteiger partial charge is 0.343 e. The summed E-state index contributed by atoms with van der Waals surface area (Å²) in [6.45, 7) is 7.95. The summed E-state index contributed by atoms with van der Waals surface area (Å²) in [4.78, 5) is 35.9. The molecule has 3 aromatic rings. The summed E-state index contributed by atoms with van der Waals surface area (Å²) in [5.74, 6) is -0.0427. The molecular weight excluding hydrogens is 460 g/mol. The summed E-state index contributed by atoms with van der Waals surface area (Å²) in [5, 5.41) is 0. The molecule has 0 unspecified atom stereocenters. The highest BCUT2D eigenvalue weighted by Gasteiger charge is 2.13. The van der Waals surface area contributed by atoms with Crippen LogP contribution in [0.3, 0.4) is 0 Å². The molecule has 3 rings (SSSR count). The van der Waals surface area contributed by atoms with Crippen LogP contribution in [0.25, 0.3) is 0 Å². The lowest BCUT2D eigenvalue weighted by atomic mass is 10.1. The Kier molecular flexibility index (Phi) is 9.40. The second-order valence-electron chi connectivity index (χ2n) is 8.02. The standard InChI is InChI=1S/C29H28O7/c1-4-27(30)34-18-6-5-17-33-24-12-8-22(9-13-24)28(31)35-25-14-10-23(11-15-25)29(32)36-26-16-7-20(2)19-21(26)3/h4,7-16,19H,1,5-6,17-18H2,2-3H3. The van der Waals surface area contributed by atoms with Crippen molar-refractivity contribution in [3.8, 4) is 17.2 Å². The van der Waals surface area contributed by atoms with E-state index in [2.05, 4.69) is 6.58 Å². The van der Waals surface area contributed by atoms with E-state index in [1.807, 2.05) is 26.0 Å². The summed E-state index contributed by atoms with van der Waals surface area (Å²) < 4.78 is 21.4. The fourth-order valence-electron chi connectivity index (χ4n) is 3.21. The van der Waals surface area contributed by atoms with Crippen LogP contribution in [0.15, 0.2) is 79.4 Å². The number of aryl methyl sites for hydroxylation is 2. The van der Waals surface area contributed by atoms with Crippen LogP contribution in [0.5, 0.6) is 17.2 Å². The molecule has 0 heterocycles. The average Bonchev–Trinajstić information content (AvgIpc) is 2.88. The highest BCUT2D eigenvalue weighted by atomic mass is 16.5. The van der Waals surface area contributed by atoms with Crippen molar-refractivity contribution in [1.29, 1.82) is 0 Å².